The second-order valence-electron chi connectivity index (χ2n) is 5.79. The molecule has 0 heterocycles. The molecule has 0 aromatic rings. The Bertz CT molecular complexity index is 376. The van der Waals surface area contributed by atoms with Crippen LogP contribution in [0.5, 0.6) is 0 Å². The van der Waals surface area contributed by atoms with Crippen LogP contribution in [-0.4, -0.2) is 41.0 Å². The van der Waals surface area contributed by atoms with Crippen molar-refractivity contribution in [2.24, 2.45) is 5.92 Å². The topological polar surface area (TPSA) is 86.7 Å². The summed E-state index contributed by atoms with van der Waals surface area (Å²) >= 11 is 0. The van der Waals surface area contributed by atoms with Crippen LogP contribution in [-0.2, 0) is 9.59 Å². The van der Waals surface area contributed by atoms with Crippen molar-refractivity contribution in [3.05, 3.63) is 0 Å². The van der Waals surface area contributed by atoms with E-state index < -0.39 is 11.9 Å². The normalized spacial score (nSPS) is 21.6. The van der Waals surface area contributed by atoms with Crippen LogP contribution in [0.25, 0.3) is 0 Å². The minimum atomic E-state index is -0.932. The van der Waals surface area contributed by atoms with E-state index in [9.17, 15) is 14.4 Å². The lowest BCUT2D eigenvalue weighted by molar-refractivity contribution is -0.137. The number of carbonyl (C=O) groups excluding carboxylic acids is 2. The molecule has 1 aliphatic carbocycles. The van der Waals surface area contributed by atoms with Crippen molar-refractivity contribution in [1.29, 1.82) is 0 Å². The van der Waals surface area contributed by atoms with Crippen LogP contribution < -0.4 is 5.32 Å². The van der Waals surface area contributed by atoms with Crippen molar-refractivity contribution in [3.8, 4) is 0 Å². The number of amides is 3. The van der Waals surface area contributed by atoms with E-state index in [0.29, 0.717) is 0 Å². The lowest BCUT2D eigenvalue weighted by Gasteiger charge is -2.34. The molecular formula is C15H26N2O4. The summed E-state index contributed by atoms with van der Waals surface area (Å²) in [6.45, 7) is 2.19. The number of nitrogens with one attached hydrogen (secondary N) is 1. The standard InChI is InChI=1S/C15H26N2O4/c1-3-11-7-9-12(10-8-11)17(2)15(21)16-13(18)5-4-6-14(19)20/h11-12H,3-10H2,1-2H3,(H,19,20)(H,16,18,21). The van der Waals surface area contributed by atoms with Crippen molar-refractivity contribution in [2.45, 2.75) is 64.3 Å². The molecule has 0 saturated heterocycles. The van der Waals surface area contributed by atoms with Crippen molar-refractivity contribution in [2.75, 3.05) is 7.05 Å². The predicted octanol–water partition coefficient (Wildman–Crippen LogP) is 2.38. The summed E-state index contributed by atoms with van der Waals surface area (Å²) in [6, 6.07) is -0.185. The first kappa shape index (κ1) is 17.5. The highest BCUT2D eigenvalue weighted by atomic mass is 16.4. The number of carbonyl (C=O) groups is 3. The Morgan fingerprint density at radius 2 is 1.76 bits per heavy atom. The van der Waals surface area contributed by atoms with E-state index in [1.165, 1.54) is 6.42 Å². The number of aliphatic carboxylic acids is 1. The monoisotopic (exact) mass is 298 g/mol. The van der Waals surface area contributed by atoms with Gasteiger partial charge in [0.25, 0.3) is 0 Å². The van der Waals surface area contributed by atoms with Gasteiger partial charge in [0.05, 0.1) is 0 Å². The van der Waals surface area contributed by atoms with Crippen molar-refractivity contribution >= 4 is 17.9 Å². The minimum Gasteiger partial charge on any atom is -0.481 e. The van der Waals surface area contributed by atoms with Crippen LogP contribution in [0.3, 0.4) is 0 Å². The van der Waals surface area contributed by atoms with Gasteiger partial charge in [0.1, 0.15) is 0 Å². The van der Waals surface area contributed by atoms with Crippen LogP contribution in [0, 0.1) is 5.92 Å². The first-order valence-corrected chi connectivity index (χ1v) is 7.72. The number of nitrogens with zero attached hydrogens (tertiary/aromatic N) is 1. The van der Waals surface area contributed by atoms with Crippen LogP contribution in [0.2, 0.25) is 0 Å². The number of carboxylic acids is 1. The fourth-order valence-electron chi connectivity index (χ4n) is 2.78. The maximum atomic E-state index is 12.0. The number of carboxylic acid groups (broad SMARTS) is 1. The average molecular weight is 298 g/mol. The van der Waals surface area contributed by atoms with Gasteiger partial charge in [-0.2, -0.15) is 0 Å². The van der Waals surface area contributed by atoms with Gasteiger partial charge in [-0.15, -0.1) is 0 Å². The van der Waals surface area contributed by atoms with E-state index in [1.807, 2.05) is 0 Å². The molecule has 0 spiro atoms. The Morgan fingerprint density at radius 1 is 1.14 bits per heavy atom. The Hall–Kier alpha value is -1.59. The van der Waals surface area contributed by atoms with Gasteiger partial charge in [-0.1, -0.05) is 13.3 Å². The number of hydrogen-bond acceptors (Lipinski definition) is 3. The van der Waals surface area contributed by atoms with Crippen molar-refractivity contribution in [3.63, 3.8) is 0 Å². The molecule has 1 fully saturated rings. The maximum Gasteiger partial charge on any atom is 0.324 e. The fraction of sp³-hybridized carbons (Fsp3) is 0.800. The zero-order valence-electron chi connectivity index (χ0n) is 12.9. The summed E-state index contributed by atoms with van der Waals surface area (Å²) in [5, 5.41) is 10.8. The lowest BCUT2D eigenvalue weighted by atomic mass is 9.84. The number of imide groups is 1. The van der Waals surface area contributed by atoms with E-state index in [-0.39, 0.29) is 31.3 Å². The molecule has 1 rings (SSSR count). The van der Waals surface area contributed by atoms with E-state index >= 15 is 0 Å². The molecule has 120 valence electrons. The summed E-state index contributed by atoms with van der Waals surface area (Å²) in [5.41, 5.74) is 0. The Morgan fingerprint density at radius 3 is 2.29 bits per heavy atom. The molecule has 0 aromatic heterocycles. The summed E-state index contributed by atoms with van der Waals surface area (Å²) in [4.78, 5) is 35.5. The maximum absolute atomic E-state index is 12.0. The smallest absolute Gasteiger partial charge is 0.324 e. The zero-order valence-corrected chi connectivity index (χ0v) is 12.9. The molecule has 1 aliphatic rings. The van der Waals surface area contributed by atoms with E-state index in [1.54, 1.807) is 11.9 Å². The molecule has 2 N–H and O–H groups in total. The molecule has 0 bridgehead atoms. The third kappa shape index (κ3) is 6.14. The lowest BCUT2D eigenvalue weighted by Crippen LogP contribution is -2.46. The molecule has 1 saturated carbocycles. The summed E-state index contributed by atoms with van der Waals surface area (Å²) < 4.78 is 0. The highest BCUT2D eigenvalue weighted by Crippen LogP contribution is 2.28. The molecular weight excluding hydrogens is 272 g/mol. The molecule has 0 aliphatic heterocycles. The molecule has 6 nitrogen and oxygen atoms in total. The summed E-state index contributed by atoms with van der Waals surface area (Å²) in [7, 11) is 1.72. The highest BCUT2D eigenvalue weighted by Gasteiger charge is 2.26. The van der Waals surface area contributed by atoms with Gasteiger partial charge in [-0.25, -0.2) is 4.79 Å². The SMILES string of the molecule is CCC1CCC(N(C)C(=O)NC(=O)CCCC(=O)O)CC1. The summed E-state index contributed by atoms with van der Waals surface area (Å²) in [6.07, 6.45) is 5.67. The number of urea groups is 1. The number of rotatable bonds is 6. The van der Waals surface area contributed by atoms with E-state index in [4.69, 9.17) is 5.11 Å². The number of hydrogen-bond donors (Lipinski definition) is 2. The van der Waals surface area contributed by atoms with Crippen molar-refractivity contribution in [1.82, 2.24) is 10.2 Å². The molecule has 3 amide bonds. The average Bonchev–Trinajstić information content (AvgIpc) is 2.46. The third-order valence-corrected chi connectivity index (χ3v) is 4.30. The molecule has 0 atom stereocenters. The second kappa shape index (κ2) is 8.64. The van der Waals surface area contributed by atoms with Crippen LogP contribution >= 0.6 is 0 Å². The van der Waals surface area contributed by atoms with E-state index in [0.717, 1.165) is 31.6 Å². The highest BCUT2D eigenvalue weighted by molar-refractivity contribution is 5.94. The largest absolute Gasteiger partial charge is 0.481 e. The first-order valence-electron chi connectivity index (χ1n) is 7.72. The fourth-order valence-corrected chi connectivity index (χ4v) is 2.78. The van der Waals surface area contributed by atoms with Crippen molar-refractivity contribution < 1.29 is 19.5 Å². The van der Waals surface area contributed by atoms with E-state index in [2.05, 4.69) is 12.2 Å². The van der Waals surface area contributed by atoms with Gasteiger partial charge in [-0.05, 0) is 38.0 Å². The minimum absolute atomic E-state index is 0.0571. The molecule has 0 aromatic carbocycles. The van der Waals surface area contributed by atoms with Crippen LogP contribution in [0.4, 0.5) is 4.79 Å². The quantitative estimate of drug-likeness (QED) is 0.788. The zero-order chi connectivity index (χ0) is 15.8. The predicted molar refractivity (Wildman–Crippen MR) is 78.8 cm³/mol. The third-order valence-electron chi connectivity index (χ3n) is 4.30. The van der Waals surface area contributed by atoms with Gasteiger partial charge >= 0.3 is 12.0 Å². The van der Waals surface area contributed by atoms with Gasteiger partial charge in [0.15, 0.2) is 0 Å². The molecule has 0 radical (unpaired) electrons. The molecule has 0 unspecified atom stereocenters. The Balaban J connectivity index is 2.30. The van der Waals surface area contributed by atoms with Gasteiger partial charge in [-0.3, -0.25) is 14.9 Å². The van der Waals surface area contributed by atoms with Gasteiger partial charge in [0, 0.05) is 25.9 Å². The summed E-state index contributed by atoms with van der Waals surface area (Å²) in [5.74, 6) is -0.579. The van der Waals surface area contributed by atoms with Gasteiger partial charge in [0.2, 0.25) is 5.91 Å². The molecule has 6 heteroatoms. The molecule has 21 heavy (non-hydrogen) atoms. The van der Waals surface area contributed by atoms with Crippen LogP contribution in [0.1, 0.15) is 58.3 Å². The second-order valence-corrected chi connectivity index (χ2v) is 5.79. The van der Waals surface area contributed by atoms with Gasteiger partial charge < -0.3 is 10.0 Å². The Kier molecular flexibility index (Phi) is 7.19. The Labute approximate surface area is 125 Å². The van der Waals surface area contributed by atoms with Crippen LogP contribution in [0.15, 0.2) is 0 Å². The first-order chi connectivity index (χ1) is 9.93.